The van der Waals surface area contributed by atoms with E-state index in [1.807, 2.05) is 50.4 Å². The van der Waals surface area contributed by atoms with Crippen LogP contribution in [0.1, 0.15) is 105 Å². The van der Waals surface area contributed by atoms with Gasteiger partial charge in [0.1, 0.15) is 5.60 Å². The third-order valence-corrected chi connectivity index (χ3v) is 8.70. The first kappa shape index (κ1) is 28.9. The van der Waals surface area contributed by atoms with Crippen LogP contribution >= 0.6 is 23.5 Å². The highest BCUT2D eigenvalue weighted by Gasteiger charge is 2.31. The van der Waals surface area contributed by atoms with Gasteiger partial charge in [-0.3, -0.25) is 4.79 Å². The maximum Gasteiger partial charge on any atom is 0.306 e. The Morgan fingerprint density at radius 3 is 2.32 bits per heavy atom. The zero-order valence-corrected chi connectivity index (χ0v) is 21.9. The fraction of sp³-hybridized carbons (Fsp3) is 0.880. The fourth-order valence-electron chi connectivity index (χ4n) is 3.63. The highest BCUT2D eigenvalue weighted by Crippen LogP contribution is 2.47. The van der Waals surface area contributed by atoms with Crippen molar-refractivity contribution in [3.05, 3.63) is 12.2 Å². The van der Waals surface area contributed by atoms with Crippen LogP contribution in [0.3, 0.4) is 0 Å². The molecule has 2 N–H and O–H groups in total. The maximum absolute atomic E-state index is 11.8. The summed E-state index contributed by atoms with van der Waals surface area (Å²) in [5.41, 5.74) is -0.395. The van der Waals surface area contributed by atoms with Crippen LogP contribution in [0.4, 0.5) is 0 Å². The lowest BCUT2D eigenvalue weighted by molar-refractivity contribution is -0.154. The Labute approximate surface area is 199 Å². The van der Waals surface area contributed by atoms with Crippen LogP contribution < -0.4 is 0 Å². The summed E-state index contributed by atoms with van der Waals surface area (Å²) in [7, 11) is 0. The molecule has 182 valence electrons. The minimum atomic E-state index is -0.773. The predicted octanol–water partition coefficient (Wildman–Crippen LogP) is 6.48. The summed E-state index contributed by atoms with van der Waals surface area (Å²) in [6.45, 7) is 7.86. The Kier molecular flexibility index (Phi) is 14.6. The van der Waals surface area contributed by atoms with Crippen molar-refractivity contribution in [2.75, 3.05) is 11.5 Å². The molecule has 0 unspecified atom stereocenters. The second kappa shape index (κ2) is 15.6. The molecule has 0 spiro atoms. The van der Waals surface area contributed by atoms with Crippen molar-refractivity contribution >= 4 is 29.5 Å². The van der Waals surface area contributed by atoms with Crippen LogP contribution in [0.2, 0.25) is 0 Å². The van der Waals surface area contributed by atoms with E-state index in [0.29, 0.717) is 12.8 Å². The summed E-state index contributed by atoms with van der Waals surface area (Å²) in [6.07, 6.45) is 14.6. The molecule has 0 saturated carbocycles. The number of carbonyl (C=O) groups excluding carboxylic acids is 1. The van der Waals surface area contributed by atoms with Gasteiger partial charge in [0.05, 0.1) is 16.3 Å². The third kappa shape index (κ3) is 13.9. The Bertz CT molecular complexity index is 510. The van der Waals surface area contributed by atoms with Crippen LogP contribution in [0.25, 0.3) is 0 Å². The SMILES string of the molecule is CCCCC[C@H](O)[C@@H](O)/C=C/C1(CCCCCCCC(=O)OC(C)(C)C)SCCCS1. The number of thioether (sulfide) groups is 2. The number of rotatable bonds is 15. The van der Waals surface area contributed by atoms with Crippen molar-refractivity contribution in [2.45, 2.75) is 127 Å². The summed E-state index contributed by atoms with van der Waals surface area (Å²) in [4.78, 5) is 11.8. The monoisotopic (exact) mass is 474 g/mol. The smallest absolute Gasteiger partial charge is 0.306 e. The van der Waals surface area contributed by atoms with Gasteiger partial charge in [0.2, 0.25) is 0 Å². The van der Waals surface area contributed by atoms with Gasteiger partial charge in [0.15, 0.2) is 0 Å². The molecular formula is C25H46O4S2. The number of esters is 1. The van der Waals surface area contributed by atoms with Crippen molar-refractivity contribution in [1.82, 2.24) is 0 Å². The normalized spacial score (nSPS) is 18.8. The van der Waals surface area contributed by atoms with Crippen molar-refractivity contribution in [2.24, 2.45) is 0 Å². The van der Waals surface area contributed by atoms with Crippen molar-refractivity contribution in [3.63, 3.8) is 0 Å². The van der Waals surface area contributed by atoms with E-state index in [-0.39, 0.29) is 10.0 Å². The molecule has 6 heteroatoms. The zero-order chi connectivity index (χ0) is 23.2. The van der Waals surface area contributed by atoms with Crippen LogP contribution in [0.15, 0.2) is 12.2 Å². The number of hydrogen-bond acceptors (Lipinski definition) is 6. The Morgan fingerprint density at radius 2 is 1.68 bits per heavy atom. The van der Waals surface area contributed by atoms with Gasteiger partial charge in [-0.2, -0.15) is 0 Å². The van der Waals surface area contributed by atoms with Crippen LogP contribution in [-0.2, 0) is 9.53 Å². The highest BCUT2D eigenvalue weighted by molar-refractivity contribution is 8.19. The summed E-state index contributed by atoms with van der Waals surface area (Å²) in [5, 5.41) is 20.6. The molecule has 1 aliphatic rings. The Hall–Kier alpha value is -0.170. The first-order chi connectivity index (χ1) is 14.7. The third-order valence-electron chi connectivity index (χ3n) is 5.35. The second-order valence-corrected chi connectivity index (χ2v) is 12.7. The molecule has 4 nitrogen and oxygen atoms in total. The molecular weight excluding hydrogens is 428 g/mol. The fourth-order valence-corrected chi connectivity index (χ4v) is 6.84. The van der Waals surface area contributed by atoms with Gasteiger partial charge < -0.3 is 14.9 Å². The van der Waals surface area contributed by atoms with Gasteiger partial charge >= 0.3 is 5.97 Å². The molecule has 2 atom stereocenters. The molecule has 1 saturated heterocycles. The number of hydrogen-bond donors (Lipinski definition) is 2. The highest BCUT2D eigenvalue weighted by atomic mass is 32.2. The summed E-state index contributed by atoms with van der Waals surface area (Å²) >= 11 is 3.97. The first-order valence-corrected chi connectivity index (χ1v) is 14.2. The first-order valence-electron chi connectivity index (χ1n) is 12.2. The van der Waals surface area contributed by atoms with Crippen molar-refractivity contribution in [3.8, 4) is 0 Å². The lowest BCUT2D eigenvalue weighted by Crippen LogP contribution is -2.27. The van der Waals surface area contributed by atoms with E-state index in [0.717, 1.165) is 69.3 Å². The summed E-state index contributed by atoms with van der Waals surface area (Å²) < 4.78 is 5.38. The lowest BCUT2D eigenvalue weighted by atomic mass is 10.0. The van der Waals surface area contributed by atoms with Gasteiger partial charge in [-0.15, -0.1) is 23.5 Å². The minimum Gasteiger partial charge on any atom is -0.460 e. The van der Waals surface area contributed by atoms with Crippen LogP contribution in [0, 0.1) is 0 Å². The molecule has 0 aliphatic carbocycles. The molecule has 1 fully saturated rings. The second-order valence-electron chi connectivity index (χ2n) is 9.63. The molecule has 31 heavy (non-hydrogen) atoms. The molecule has 0 bridgehead atoms. The molecule has 0 aromatic carbocycles. The minimum absolute atomic E-state index is 0.0267. The number of aliphatic hydroxyl groups is 2. The summed E-state index contributed by atoms with van der Waals surface area (Å²) in [5.74, 6) is 2.21. The average molecular weight is 475 g/mol. The predicted molar refractivity (Wildman–Crippen MR) is 136 cm³/mol. The standard InChI is InChI=1S/C25H46O4S2/c1-5-6-10-14-21(26)22(27)16-18-25(30-19-13-20-31-25)17-12-9-7-8-11-15-23(28)29-24(2,3)4/h16,18,21-22,26-27H,5-15,17,19-20H2,1-4H3/b18-16+/t21-,22-/m0/s1. The maximum atomic E-state index is 11.8. The van der Waals surface area contributed by atoms with E-state index in [1.165, 1.54) is 6.42 Å². The van der Waals surface area contributed by atoms with Gasteiger partial charge in [-0.1, -0.05) is 64.0 Å². The quantitative estimate of drug-likeness (QED) is 0.161. The lowest BCUT2D eigenvalue weighted by Gasteiger charge is -2.34. The van der Waals surface area contributed by atoms with Crippen molar-refractivity contribution < 1.29 is 19.7 Å². The number of aliphatic hydroxyl groups excluding tert-OH is 2. The van der Waals surface area contributed by atoms with Gasteiger partial charge in [-0.25, -0.2) is 0 Å². The van der Waals surface area contributed by atoms with E-state index in [2.05, 4.69) is 13.0 Å². The molecule has 1 aliphatic heterocycles. The van der Waals surface area contributed by atoms with Crippen LogP contribution in [0.5, 0.6) is 0 Å². The van der Waals surface area contributed by atoms with E-state index >= 15 is 0 Å². The number of ether oxygens (including phenoxy) is 1. The molecule has 0 aromatic rings. The number of carbonyl (C=O) groups is 1. The Balaban J connectivity index is 2.34. The molecule has 0 amide bonds. The molecule has 1 heterocycles. The largest absolute Gasteiger partial charge is 0.460 e. The van der Waals surface area contributed by atoms with Crippen molar-refractivity contribution in [1.29, 1.82) is 0 Å². The topological polar surface area (TPSA) is 66.8 Å². The number of unbranched alkanes of at least 4 members (excludes halogenated alkanes) is 6. The molecule has 0 radical (unpaired) electrons. The molecule has 1 rings (SSSR count). The zero-order valence-electron chi connectivity index (χ0n) is 20.2. The van der Waals surface area contributed by atoms with E-state index < -0.39 is 17.8 Å². The molecule has 0 aromatic heterocycles. The van der Waals surface area contributed by atoms with Crippen LogP contribution in [-0.4, -0.2) is 49.6 Å². The van der Waals surface area contributed by atoms with E-state index in [1.54, 1.807) is 0 Å². The van der Waals surface area contributed by atoms with Gasteiger partial charge in [-0.05, 0) is 58.0 Å². The van der Waals surface area contributed by atoms with Gasteiger partial charge in [0, 0.05) is 6.42 Å². The van der Waals surface area contributed by atoms with E-state index in [4.69, 9.17) is 4.74 Å². The summed E-state index contributed by atoms with van der Waals surface area (Å²) in [6, 6.07) is 0. The van der Waals surface area contributed by atoms with Gasteiger partial charge in [0.25, 0.3) is 0 Å². The Morgan fingerprint density at radius 1 is 1.03 bits per heavy atom. The average Bonchev–Trinajstić information content (AvgIpc) is 2.71. The van der Waals surface area contributed by atoms with E-state index in [9.17, 15) is 15.0 Å².